The van der Waals surface area contributed by atoms with Crippen LogP contribution in [0.4, 0.5) is 5.82 Å². The minimum atomic E-state index is -1.55. The van der Waals surface area contributed by atoms with Gasteiger partial charge in [-0.1, -0.05) is 0 Å². The molecule has 126 valence electrons. The van der Waals surface area contributed by atoms with E-state index in [9.17, 15) is 15.3 Å². The Bertz CT molecular complexity index is 705. The third kappa shape index (κ3) is 2.68. The molecule has 2 aromatic heterocycles. The first-order valence-corrected chi connectivity index (χ1v) is 7.08. The maximum Gasteiger partial charge on any atom is 0.167 e. The van der Waals surface area contributed by atoms with Gasteiger partial charge in [-0.05, 0) is 19.4 Å². The minimum absolute atomic E-state index is 0. The van der Waals surface area contributed by atoms with E-state index in [1.165, 1.54) is 13.3 Å². The van der Waals surface area contributed by atoms with Gasteiger partial charge >= 0.3 is 0 Å². The van der Waals surface area contributed by atoms with E-state index in [1.807, 2.05) is 6.92 Å². The molecule has 8 nitrogen and oxygen atoms in total. The van der Waals surface area contributed by atoms with Crippen molar-refractivity contribution in [3.63, 3.8) is 0 Å². The number of aliphatic hydroxyl groups excluding tert-OH is 2. The van der Waals surface area contributed by atoms with Crippen LogP contribution in [-0.4, -0.2) is 61.3 Å². The number of nitrogens with zero attached hydrogens (tertiary/aromatic N) is 3. The Morgan fingerprint density at radius 1 is 1.43 bits per heavy atom. The number of aromatic nitrogens is 3. The number of hydrogen-bond donors (Lipinski definition) is 4. The maximum atomic E-state index is 10.6. The van der Waals surface area contributed by atoms with Gasteiger partial charge in [0.25, 0.3) is 0 Å². The molecule has 0 radical (unpaired) electrons. The molecule has 3 heterocycles. The summed E-state index contributed by atoms with van der Waals surface area (Å²) in [4.78, 5) is 8.45. The summed E-state index contributed by atoms with van der Waals surface area (Å²) in [6.45, 7) is 3.02. The summed E-state index contributed by atoms with van der Waals surface area (Å²) in [5.41, 5.74) is -0.0366. The number of rotatable bonds is 3. The van der Waals surface area contributed by atoms with Gasteiger partial charge in [0.05, 0.1) is 12.0 Å². The van der Waals surface area contributed by atoms with Crippen LogP contribution in [0, 0.1) is 6.92 Å². The molecular weight excluding hydrogens is 472 g/mol. The average molecular weight is 492 g/mol. The Balaban J connectivity index is 0.00000192. The van der Waals surface area contributed by atoms with Crippen LogP contribution in [0.3, 0.4) is 0 Å². The van der Waals surface area contributed by atoms with Gasteiger partial charge in [-0.2, -0.15) is 0 Å². The summed E-state index contributed by atoms with van der Waals surface area (Å²) in [7, 11) is 1.77. The van der Waals surface area contributed by atoms with E-state index >= 15 is 0 Å². The van der Waals surface area contributed by atoms with Crippen LogP contribution in [0.1, 0.15) is 18.7 Å². The molecule has 4 atom stereocenters. The van der Waals surface area contributed by atoms with Crippen molar-refractivity contribution in [2.24, 2.45) is 0 Å². The summed E-state index contributed by atoms with van der Waals surface area (Å²) in [6, 6.07) is 0. The first kappa shape index (κ1) is 18.3. The van der Waals surface area contributed by atoms with E-state index in [1.54, 1.807) is 17.8 Å². The van der Waals surface area contributed by atoms with Gasteiger partial charge < -0.3 is 29.9 Å². The van der Waals surface area contributed by atoms with Crippen molar-refractivity contribution in [2.45, 2.75) is 37.9 Å². The number of fused-ring (bicyclic) bond motifs is 1. The van der Waals surface area contributed by atoms with Crippen molar-refractivity contribution < 1.29 is 41.1 Å². The molecule has 3 rings (SSSR count). The van der Waals surface area contributed by atoms with Crippen LogP contribution in [-0.2, 0) is 25.8 Å². The number of anilines is 1. The number of ether oxygens (including phenoxy) is 1. The summed E-state index contributed by atoms with van der Waals surface area (Å²) < 4.78 is 7.32. The van der Waals surface area contributed by atoms with Gasteiger partial charge in [-0.25, -0.2) is 9.97 Å². The number of nitrogens with one attached hydrogen (secondary N) is 1. The largest absolute Gasteiger partial charge is 0.394 e. The molecule has 1 fully saturated rings. The molecule has 23 heavy (non-hydrogen) atoms. The summed E-state index contributed by atoms with van der Waals surface area (Å²) in [5.74, 6) is 0.679. The predicted octanol–water partition coefficient (Wildman–Crippen LogP) is -0.219. The number of aliphatic hydroxyl groups is 3. The normalized spacial score (nSPS) is 30.4. The second-order valence-electron chi connectivity index (χ2n) is 5.77. The van der Waals surface area contributed by atoms with Gasteiger partial charge in [0.2, 0.25) is 0 Å². The quantitative estimate of drug-likeness (QED) is 0.469. The fraction of sp³-hybridized carbons (Fsp3) is 0.571. The third-order valence-electron chi connectivity index (χ3n) is 4.22. The molecule has 0 spiro atoms. The molecule has 1 aliphatic rings. The molecule has 1 saturated heterocycles. The summed E-state index contributed by atoms with van der Waals surface area (Å²) in [5, 5.41) is 33.9. The van der Waals surface area contributed by atoms with Gasteiger partial charge in [-0.15, -0.1) is 0 Å². The van der Waals surface area contributed by atoms with Crippen molar-refractivity contribution in [1.29, 1.82) is 0 Å². The Hall–Kier alpha value is -1.05. The van der Waals surface area contributed by atoms with Crippen LogP contribution in [0.2, 0.25) is 0 Å². The first-order valence-electron chi connectivity index (χ1n) is 7.08. The van der Waals surface area contributed by atoms with Gasteiger partial charge in [0.15, 0.2) is 6.23 Å². The average Bonchev–Trinajstić information content (AvgIpc) is 2.95. The second-order valence-corrected chi connectivity index (χ2v) is 5.77. The van der Waals surface area contributed by atoms with Crippen LogP contribution in [0.5, 0.6) is 0 Å². The smallest absolute Gasteiger partial charge is 0.167 e. The maximum absolute atomic E-state index is 10.6. The summed E-state index contributed by atoms with van der Waals surface area (Å²) in [6.07, 6.45) is 0.337. The molecule has 9 heteroatoms. The second kappa shape index (κ2) is 6.45. The van der Waals surface area contributed by atoms with Crippen LogP contribution in [0.15, 0.2) is 12.5 Å². The Morgan fingerprint density at radius 2 is 2.13 bits per heavy atom. The third-order valence-corrected chi connectivity index (χ3v) is 4.22. The van der Waals surface area contributed by atoms with Crippen LogP contribution >= 0.6 is 0 Å². The zero-order chi connectivity index (χ0) is 16.1. The summed E-state index contributed by atoms with van der Waals surface area (Å²) >= 11 is 0. The van der Waals surface area contributed by atoms with Crippen molar-refractivity contribution in [3.8, 4) is 0 Å². The molecule has 2 aromatic rings. The van der Waals surface area contributed by atoms with Crippen LogP contribution in [0.25, 0.3) is 11.0 Å². The Labute approximate surface area is 147 Å². The van der Waals surface area contributed by atoms with E-state index in [-0.39, 0.29) is 27.7 Å². The van der Waals surface area contributed by atoms with E-state index in [0.717, 1.165) is 10.9 Å². The molecule has 0 amide bonds. The number of hydrogen-bond acceptors (Lipinski definition) is 7. The number of aryl methyl sites for hydroxylation is 1. The van der Waals surface area contributed by atoms with Gasteiger partial charge in [-0.3, -0.25) is 0 Å². The standard InChI is InChI=1S/C14H20N4O4.W/c1-7-4-18(12-9(7)11(15-3)16-6-17-12)13-14(2,21)10(20)8(5-19)22-13;/h4,6,8,10,13,19-21H,5H2,1-3H3,(H,15,16,17);/t8?,10-,13?,14-;/m1./s1. The zero-order valence-electron chi connectivity index (χ0n) is 13.1. The minimum Gasteiger partial charge on any atom is -0.394 e. The molecule has 0 bridgehead atoms. The van der Waals surface area contributed by atoms with Gasteiger partial charge in [0.1, 0.15) is 35.6 Å². The SMILES string of the molecule is CNc1ncnc2c1c(C)cn2C1OC(CO)[C@@H](O)[C@@]1(C)O.[W]. The molecule has 4 N–H and O–H groups in total. The Kier molecular flexibility index (Phi) is 5.13. The Morgan fingerprint density at radius 3 is 2.70 bits per heavy atom. The topological polar surface area (TPSA) is 113 Å². The predicted molar refractivity (Wildman–Crippen MR) is 79.4 cm³/mol. The van der Waals surface area contributed by atoms with E-state index < -0.39 is 24.0 Å². The van der Waals surface area contributed by atoms with E-state index in [0.29, 0.717) is 11.5 Å². The van der Waals surface area contributed by atoms with E-state index in [2.05, 4.69) is 15.3 Å². The fourth-order valence-electron chi connectivity index (χ4n) is 3.03. The van der Waals surface area contributed by atoms with Crippen molar-refractivity contribution >= 4 is 16.9 Å². The molecule has 1 aliphatic heterocycles. The van der Waals surface area contributed by atoms with Gasteiger partial charge in [0, 0.05) is 34.3 Å². The molecule has 0 saturated carbocycles. The van der Waals surface area contributed by atoms with Crippen molar-refractivity contribution in [1.82, 2.24) is 14.5 Å². The zero-order valence-corrected chi connectivity index (χ0v) is 16.0. The van der Waals surface area contributed by atoms with Crippen LogP contribution < -0.4 is 5.32 Å². The fourth-order valence-corrected chi connectivity index (χ4v) is 3.03. The monoisotopic (exact) mass is 492 g/mol. The molecule has 0 aromatic carbocycles. The molecule has 0 aliphatic carbocycles. The van der Waals surface area contributed by atoms with Crippen molar-refractivity contribution in [3.05, 3.63) is 18.1 Å². The first-order chi connectivity index (χ1) is 10.4. The molecule has 2 unspecified atom stereocenters. The van der Waals surface area contributed by atoms with Crippen molar-refractivity contribution in [2.75, 3.05) is 19.0 Å². The molecular formula is C14H20N4O4W. The van der Waals surface area contributed by atoms with E-state index in [4.69, 9.17) is 4.74 Å².